The van der Waals surface area contributed by atoms with Crippen LogP contribution in [0.3, 0.4) is 0 Å². The predicted octanol–water partition coefficient (Wildman–Crippen LogP) is 4.04. The molecule has 0 amide bonds. The average Bonchev–Trinajstić information content (AvgIpc) is 2.68. The van der Waals surface area contributed by atoms with Gasteiger partial charge < -0.3 is 4.74 Å². The van der Waals surface area contributed by atoms with Gasteiger partial charge >= 0.3 is 5.91 Å². The van der Waals surface area contributed by atoms with Gasteiger partial charge in [0.2, 0.25) is 0 Å². The molecule has 1 aromatic heterocycles. The molecule has 0 aliphatic carbocycles. The quantitative estimate of drug-likeness (QED) is 0.661. The Morgan fingerprint density at radius 2 is 1.48 bits per heavy atom. The predicted molar refractivity (Wildman–Crippen MR) is 99.3 cm³/mol. The van der Waals surface area contributed by atoms with Gasteiger partial charge in [-0.15, -0.1) is 4.57 Å². The first-order chi connectivity index (χ1) is 12.2. The smallest absolute Gasteiger partial charge is 0.396 e. The highest BCUT2D eigenvalue weighted by Gasteiger charge is 2.13. The first-order valence-corrected chi connectivity index (χ1v) is 8.15. The topological polar surface area (TPSA) is 30.2 Å². The van der Waals surface area contributed by atoms with Crippen LogP contribution in [-0.4, -0.2) is 13.0 Å². The van der Waals surface area contributed by atoms with E-state index < -0.39 is 0 Å². The van der Waals surface area contributed by atoms with E-state index in [1.165, 1.54) is 0 Å². The number of hydrogen-bond donors (Lipinski definition) is 0. The lowest BCUT2D eigenvalue weighted by Gasteiger charge is -1.99. The second kappa shape index (κ2) is 8.06. The molecule has 25 heavy (non-hydrogen) atoms. The van der Waals surface area contributed by atoms with Crippen molar-refractivity contribution in [2.45, 2.75) is 6.42 Å². The lowest BCUT2D eigenvalue weighted by Crippen LogP contribution is -2.42. The van der Waals surface area contributed by atoms with Gasteiger partial charge in [0.25, 0.3) is 0 Å². The zero-order valence-electron chi connectivity index (χ0n) is 14.1. The third-order valence-electron chi connectivity index (χ3n) is 3.93. The van der Waals surface area contributed by atoms with Crippen molar-refractivity contribution in [2.75, 3.05) is 7.11 Å². The normalized spacial score (nSPS) is 10.8. The third-order valence-corrected chi connectivity index (χ3v) is 3.93. The van der Waals surface area contributed by atoms with Crippen LogP contribution in [0.25, 0.3) is 12.2 Å². The highest BCUT2D eigenvalue weighted by Crippen LogP contribution is 2.13. The number of carbonyl (C=O) groups is 1. The molecule has 0 spiro atoms. The van der Waals surface area contributed by atoms with Gasteiger partial charge in [0.1, 0.15) is 5.75 Å². The number of ether oxygens (including phenoxy) is 1. The lowest BCUT2D eigenvalue weighted by molar-refractivity contribution is -0.574. The van der Waals surface area contributed by atoms with E-state index in [1.54, 1.807) is 24.1 Å². The monoisotopic (exact) mass is 330 g/mol. The molecule has 0 saturated heterocycles. The van der Waals surface area contributed by atoms with Gasteiger partial charge in [0.05, 0.1) is 13.5 Å². The summed E-state index contributed by atoms with van der Waals surface area (Å²) in [5, 5.41) is 0. The Morgan fingerprint density at radius 1 is 0.880 bits per heavy atom. The fourth-order valence-electron chi connectivity index (χ4n) is 2.48. The van der Waals surface area contributed by atoms with Gasteiger partial charge in [0.15, 0.2) is 12.4 Å². The summed E-state index contributed by atoms with van der Waals surface area (Å²) in [6, 6.07) is 21.5. The molecule has 0 saturated carbocycles. The molecule has 1 heterocycles. The highest BCUT2D eigenvalue weighted by molar-refractivity contribution is 5.71. The van der Waals surface area contributed by atoms with Crippen LogP contribution < -0.4 is 9.30 Å². The minimum atomic E-state index is 0.0527. The van der Waals surface area contributed by atoms with E-state index in [4.69, 9.17) is 4.74 Å². The summed E-state index contributed by atoms with van der Waals surface area (Å²) in [4.78, 5) is 12.3. The number of nitrogens with zero attached hydrogens (tertiary/aromatic N) is 1. The van der Waals surface area contributed by atoms with Gasteiger partial charge in [0, 0.05) is 12.1 Å². The fraction of sp³-hybridized carbons (Fsp3) is 0.0909. The molecule has 0 atom stereocenters. The Hall–Kier alpha value is -3.20. The summed E-state index contributed by atoms with van der Waals surface area (Å²) >= 11 is 0. The number of rotatable bonds is 5. The zero-order chi connectivity index (χ0) is 17.5. The molecular formula is C22H20NO2+. The van der Waals surface area contributed by atoms with Gasteiger partial charge in [-0.3, -0.25) is 0 Å². The molecule has 124 valence electrons. The van der Waals surface area contributed by atoms with Gasteiger partial charge in [-0.25, -0.2) is 4.79 Å². The van der Waals surface area contributed by atoms with Crippen molar-refractivity contribution in [3.8, 4) is 5.75 Å². The van der Waals surface area contributed by atoms with E-state index in [-0.39, 0.29) is 5.91 Å². The molecule has 0 unspecified atom stereocenters. The van der Waals surface area contributed by atoms with Gasteiger partial charge in [-0.2, -0.15) is 0 Å². The molecule has 0 N–H and O–H groups in total. The molecule has 0 fully saturated rings. The van der Waals surface area contributed by atoms with Crippen LogP contribution in [0, 0.1) is 0 Å². The SMILES string of the molecule is COc1ccc(/C=C/c2cc[n+](C(=O)Cc3ccccc3)cc2)cc1. The Morgan fingerprint density at radius 3 is 2.08 bits per heavy atom. The maximum Gasteiger partial charge on any atom is 0.396 e. The van der Waals surface area contributed by atoms with Crippen molar-refractivity contribution >= 4 is 18.1 Å². The maximum atomic E-state index is 12.3. The summed E-state index contributed by atoms with van der Waals surface area (Å²) < 4.78 is 6.77. The van der Waals surface area contributed by atoms with E-state index in [1.807, 2.05) is 78.9 Å². The standard InChI is InChI=1S/C22H20NO2/c1-25-21-11-9-18(10-12-21)7-8-19-13-15-23(16-14-19)22(24)17-20-5-3-2-4-6-20/h2-16H,17H2,1H3/q+1/b8-7+. The Labute approximate surface area is 147 Å². The molecule has 0 radical (unpaired) electrons. The molecule has 0 aliphatic rings. The number of carbonyl (C=O) groups excluding carboxylic acids is 1. The van der Waals surface area contributed by atoms with Crippen molar-refractivity contribution in [2.24, 2.45) is 0 Å². The van der Waals surface area contributed by atoms with Crippen LogP contribution in [0.1, 0.15) is 21.5 Å². The number of aromatic nitrogens is 1. The number of benzene rings is 2. The maximum absolute atomic E-state index is 12.3. The van der Waals surface area contributed by atoms with E-state index in [0.29, 0.717) is 6.42 Å². The van der Waals surface area contributed by atoms with Crippen LogP contribution in [0.2, 0.25) is 0 Å². The summed E-state index contributed by atoms with van der Waals surface area (Å²) in [6.45, 7) is 0. The van der Waals surface area contributed by atoms with E-state index in [9.17, 15) is 4.79 Å². The third kappa shape index (κ3) is 4.64. The summed E-state index contributed by atoms with van der Waals surface area (Å²) in [6.07, 6.45) is 8.06. The molecule has 3 nitrogen and oxygen atoms in total. The highest BCUT2D eigenvalue weighted by atomic mass is 16.5. The molecule has 3 aromatic rings. The summed E-state index contributed by atoms with van der Waals surface area (Å²) in [7, 11) is 1.66. The van der Waals surface area contributed by atoms with Gasteiger partial charge in [-0.05, 0) is 28.8 Å². The van der Waals surface area contributed by atoms with E-state index in [0.717, 1.165) is 22.4 Å². The van der Waals surface area contributed by atoms with Crippen LogP contribution in [-0.2, 0) is 6.42 Å². The second-order valence-electron chi connectivity index (χ2n) is 5.70. The van der Waals surface area contributed by atoms with Crippen molar-refractivity contribution in [3.05, 3.63) is 95.8 Å². The summed E-state index contributed by atoms with van der Waals surface area (Å²) in [5.41, 5.74) is 3.15. The minimum Gasteiger partial charge on any atom is -0.497 e. The van der Waals surface area contributed by atoms with Crippen LogP contribution >= 0.6 is 0 Å². The molecule has 0 bridgehead atoms. The average molecular weight is 330 g/mol. The van der Waals surface area contributed by atoms with Crippen LogP contribution in [0.15, 0.2) is 79.1 Å². The number of methoxy groups -OCH3 is 1. The first kappa shape index (κ1) is 16.7. The Kier molecular flexibility index (Phi) is 5.37. The molecule has 3 rings (SSSR count). The first-order valence-electron chi connectivity index (χ1n) is 8.15. The van der Waals surface area contributed by atoms with Gasteiger partial charge in [-0.1, -0.05) is 54.6 Å². The van der Waals surface area contributed by atoms with E-state index >= 15 is 0 Å². The number of pyridine rings is 1. The number of hydrogen-bond acceptors (Lipinski definition) is 2. The molecule has 2 aromatic carbocycles. The second-order valence-corrected chi connectivity index (χ2v) is 5.70. The van der Waals surface area contributed by atoms with Crippen molar-refractivity contribution in [3.63, 3.8) is 0 Å². The minimum absolute atomic E-state index is 0.0527. The fourth-order valence-corrected chi connectivity index (χ4v) is 2.48. The molecule has 0 aliphatic heterocycles. The largest absolute Gasteiger partial charge is 0.497 e. The Balaban J connectivity index is 1.65. The molecular weight excluding hydrogens is 310 g/mol. The molecule has 3 heteroatoms. The van der Waals surface area contributed by atoms with Crippen LogP contribution in [0.5, 0.6) is 5.75 Å². The van der Waals surface area contributed by atoms with Crippen molar-refractivity contribution in [1.29, 1.82) is 0 Å². The van der Waals surface area contributed by atoms with Crippen LogP contribution in [0.4, 0.5) is 0 Å². The summed E-state index contributed by atoms with van der Waals surface area (Å²) in [5.74, 6) is 0.895. The van der Waals surface area contributed by atoms with E-state index in [2.05, 4.69) is 0 Å². The van der Waals surface area contributed by atoms with Crippen molar-refractivity contribution in [1.82, 2.24) is 0 Å². The van der Waals surface area contributed by atoms with Crippen molar-refractivity contribution < 1.29 is 14.1 Å². The zero-order valence-corrected chi connectivity index (χ0v) is 14.1. The lowest BCUT2D eigenvalue weighted by atomic mass is 10.1. The Bertz CT molecular complexity index is 851.